The summed E-state index contributed by atoms with van der Waals surface area (Å²) in [6.45, 7) is 3.87. The minimum absolute atomic E-state index is 0.0640. The third-order valence-corrected chi connectivity index (χ3v) is 5.52. The normalized spacial score (nSPS) is 27.4. The van der Waals surface area contributed by atoms with E-state index in [1.54, 1.807) is 30.3 Å². The number of carbonyl (C=O) groups excluding carboxylic acids is 2. The Morgan fingerprint density at radius 3 is 2.34 bits per heavy atom. The second-order valence-electron chi connectivity index (χ2n) is 7.87. The molecule has 0 amide bonds. The number of ether oxygens (including phenoxy) is 2. The minimum Gasteiger partial charge on any atom is -0.467 e. The van der Waals surface area contributed by atoms with Crippen molar-refractivity contribution in [3.63, 3.8) is 0 Å². The van der Waals surface area contributed by atoms with Crippen LogP contribution in [0, 0.1) is 11.8 Å². The first-order valence-corrected chi connectivity index (χ1v) is 11.2. The van der Waals surface area contributed by atoms with Gasteiger partial charge in [-0.05, 0) is 36.8 Å². The third-order valence-electron chi connectivity index (χ3n) is 4.90. The van der Waals surface area contributed by atoms with Gasteiger partial charge in [0.25, 0.3) is 10.1 Å². The first-order valence-electron chi connectivity index (χ1n) is 9.40. The maximum atomic E-state index is 12.6. The summed E-state index contributed by atoms with van der Waals surface area (Å²) in [6, 6.07) is 8.20. The molecule has 0 aliphatic heterocycles. The molecule has 1 aromatic carbocycles. The van der Waals surface area contributed by atoms with Crippen molar-refractivity contribution in [2.45, 2.75) is 50.9 Å². The fourth-order valence-corrected chi connectivity index (χ4v) is 4.62. The zero-order valence-electron chi connectivity index (χ0n) is 17.0. The zero-order chi connectivity index (χ0) is 21.8. The topological polar surface area (TPSA) is 116 Å². The number of carbonyl (C=O) groups is 2. The van der Waals surface area contributed by atoms with E-state index in [1.165, 1.54) is 0 Å². The second-order valence-corrected chi connectivity index (χ2v) is 9.45. The van der Waals surface area contributed by atoms with Crippen LogP contribution in [0.2, 0.25) is 0 Å². The van der Waals surface area contributed by atoms with Crippen LogP contribution in [-0.2, 0) is 28.6 Å². The second kappa shape index (κ2) is 9.23. The van der Waals surface area contributed by atoms with Crippen LogP contribution in [0.5, 0.6) is 0 Å². The lowest BCUT2D eigenvalue weighted by molar-refractivity contribution is -0.177. The molecular weight excluding hydrogens is 400 g/mol. The van der Waals surface area contributed by atoms with E-state index in [4.69, 9.17) is 13.7 Å². The van der Waals surface area contributed by atoms with Crippen molar-refractivity contribution in [2.75, 3.05) is 13.4 Å². The van der Waals surface area contributed by atoms with Crippen molar-refractivity contribution in [2.24, 2.45) is 11.8 Å². The van der Waals surface area contributed by atoms with Crippen LogP contribution in [0.25, 0.3) is 0 Å². The molecule has 4 atom stereocenters. The van der Waals surface area contributed by atoms with Gasteiger partial charge in [0.2, 0.25) is 0 Å². The highest BCUT2D eigenvalue weighted by atomic mass is 32.2. The van der Waals surface area contributed by atoms with E-state index in [0.717, 1.165) is 13.4 Å². The van der Waals surface area contributed by atoms with Crippen LogP contribution in [-0.4, -0.2) is 56.6 Å². The molecule has 1 aromatic rings. The lowest BCUT2D eigenvalue weighted by Gasteiger charge is -2.44. The molecule has 0 saturated heterocycles. The molecular formula is C20H28O8S. The van der Waals surface area contributed by atoms with E-state index in [-0.39, 0.29) is 24.3 Å². The van der Waals surface area contributed by atoms with Crippen LogP contribution in [0.15, 0.2) is 30.3 Å². The van der Waals surface area contributed by atoms with Crippen molar-refractivity contribution < 1.29 is 36.8 Å². The van der Waals surface area contributed by atoms with Gasteiger partial charge in [0, 0.05) is 6.42 Å². The van der Waals surface area contributed by atoms with Gasteiger partial charge in [0.15, 0.2) is 5.60 Å². The molecule has 0 heterocycles. The maximum Gasteiger partial charge on any atom is 0.339 e. The smallest absolute Gasteiger partial charge is 0.339 e. The summed E-state index contributed by atoms with van der Waals surface area (Å²) >= 11 is 0. The SMILES string of the molecule is COC(=O)[C@]1(OS(C)(=O)=O)C[C@H](CC(C)C)[C@@H](O)[C@H](OC(=O)c2ccccc2)C1. The number of aliphatic hydroxyl groups is 1. The molecule has 0 bridgehead atoms. The minimum atomic E-state index is -4.03. The van der Waals surface area contributed by atoms with Crippen molar-refractivity contribution in [3.8, 4) is 0 Å². The zero-order valence-corrected chi connectivity index (χ0v) is 17.8. The van der Waals surface area contributed by atoms with Gasteiger partial charge in [-0.2, -0.15) is 8.42 Å². The Labute approximate surface area is 171 Å². The molecule has 1 aliphatic rings. The largest absolute Gasteiger partial charge is 0.467 e. The standard InChI is InChI=1S/C20H28O8S/c1-13(2)10-15-11-20(19(23)26-3,28-29(4,24)25)12-16(17(15)21)27-18(22)14-8-6-5-7-9-14/h5-9,13,15-17,21H,10-12H2,1-4H3/t15-,16+,17+,20-/m0/s1. The van der Waals surface area contributed by atoms with E-state index >= 15 is 0 Å². The molecule has 1 N–H and O–H groups in total. The summed E-state index contributed by atoms with van der Waals surface area (Å²) in [5.74, 6) is -1.95. The molecule has 0 spiro atoms. The van der Waals surface area contributed by atoms with Crippen molar-refractivity contribution in [1.82, 2.24) is 0 Å². The molecule has 0 radical (unpaired) electrons. The van der Waals surface area contributed by atoms with Gasteiger partial charge in [0.05, 0.1) is 25.0 Å². The van der Waals surface area contributed by atoms with E-state index in [2.05, 4.69) is 0 Å². The lowest BCUT2D eigenvalue weighted by atomic mass is 9.72. The Hall–Kier alpha value is -1.97. The molecule has 9 heteroatoms. The monoisotopic (exact) mass is 428 g/mol. The molecule has 1 saturated carbocycles. The predicted octanol–water partition coefficient (Wildman–Crippen LogP) is 1.92. The molecule has 1 aliphatic carbocycles. The maximum absolute atomic E-state index is 12.6. The average molecular weight is 429 g/mol. The van der Waals surface area contributed by atoms with Crippen LogP contribution >= 0.6 is 0 Å². The van der Waals surface area contributed by atoms with E-state index in [1.807, 2.05) is 13.8 Å². The number of methoxy groups -OCH3 is 1. The fourth-order valence-electron chi connectivity index (χ4n) is 3.84. The Bertz CT molecular complexity index is 820. The summed E-state index contributed by atoms with van der Waals surface area (Å²) in [4.78, 5) is 25.1. The summed E-state index contributed by atoms with van der Waals surface area (Å²) in [5, 5.41) is 10.8. The van der Waals surface area contributed by atoms with Gasteiger partial charge in [0.1, 0.15) is 6.10 Å². The number of esters is 2. The molecule has 8 nitrogen and oxygen atoms in total. The molecule has 1 fully saturated rings. The van der Waals surface area contributed by atoms with Crippen molar-refractivity contribution in [1.29, 1.82) is 0 Å². The fraction of sp³-hybridized carbons (Fsp3) is 0.600. The van der Waals surface area contributed by atoms with Crippen LogP contribution in [0.3, 0.4) is 0 Å². The summed E-state index contributed by atoms with van der Waals surface area (Å²) in [7, 11) is -2.91. The van der Waals surface area contributed by atoms with E-state index in [9.17, 15) is 23.1 Å². The molecule has 2 rings (SSSR count). The quantitative estimate of drug-likeness (QED) is 0.517. The number of aliphatic hydroxyl groups excluding tert-OH is 1. The van der Waals surface area contributed by atoms with E-state index in [0.29, 0.717) is 6.42 Å². The number of hydrogen-bond donors (Lipinski definition) is 1. The van der Waals surface area contributed by atoms with Gasteiger partial charge < -0.3 is 14.6 Å². The highest BCUT2D eigenvalue weighted by Crippen LogP contribution is 2.41. The highest BCUT2D eigenvalue weighted by Gasteiger charge is 2.55. The van der Waals surface area contributed by atoms with Gasteiger partial charge in [-0.25, -0.2) is 9.59 Å². The van der Waals surface area contributed by atoms with Crippen LogP contribution < -0.4 is 0 Å². The number of hydrogen-bond acceptors (Lipinski definition) is 8. The number of rotatable bonds is 7. The Morgan fingerprint density at radius 2 is 1.83 bits per heavy atom. The molecule has 29 heavy (non-hydrogen) atoms. The lowest BCUT2D eigenvalue weighted by Crippen LogP contribution is -2.57. The first kappa shape index (κ1) is 23.3. The van der Waals surface area contributed by atoms with Gasteiger partial charge in [-0.1, -0.05) is 32.0 Å². The summed E-state index contributed by atoms with van der Waals surface area (Å²) < 4.78 is 39.3. The summed E-state index contributed by atoms with van der Waals surface area (Å²) in [5.41, 5.74) is -1.60. The average Bonchev–Trinajstić information content (AvgIpc) is 2.63. The molecule has 162 valence electrons. The molecule has 0 unspecified atom stereocenters. The number of benzene rings is 1. The van der Waals surface area contributed by atoms with Gasteiger partial charge in [-0.3, -0.25) is 4.18 Å². The Kier molecular flexibility index (Phi) is 7.42. The van der Waals surface area contributed by atoms with Gasteiger partial charge >= 0.3 is 11.9 Å². The van der Waals surface area contributed by atoms with Gasteiger partial charge in [-0.15, -0.1) is 0 Å². The molecule has 0 aromatic heterocycles. The van der Waals surface area contributed by atoms with Crippen LogP contribution in [0.1, 0.15) is 43.5 Å². The first-order chi connectivity index (χ1) is 13.5. The highest BCUT2D eigenvalue weighted by molar-refractivity contribution is 7.86. The predicted molar refractivity (Wildman–Crippen MR) is 105 cm³/mol. The summed E-state index contributed by atoms with van der Waals surface area (Å²) in [6.07, 6.45) is -1.29. The Morgan fingerprint density at radius 1 is 1.21 bits per heavy atom. The van der Waals surface area contributed by atoms with Crippen molar-refractivity contribution >= 4 is 22.1 Å². The third kappa shape index (κ3) is 6.01. The Balaban J connectivity index is 2.39. The van der Waals surface area contributed by atoms with Crippen LogP contribution in [0.4, 0.5) is 0 Å². The van der Waals surface area contributed by atoms with Crippen molar-refractivity contribution in [3.05, 3.63) is 35.9 Å². The van der Waals surface area contributed by atoms with E-state index < -0.39 is 45.8 Å².